The zero-order valence-electron chi connectivity index (χ0n) is 8.34. The predicted molar refractivity (Wildman–Crippen MR) is 61.4 cm³/mol. The molecule has 1 aromatic carbocycles. The number of rotatable bonds is 0. The van der Waals surface area contributed by atoms with E-state index in [1.54, 1.807) is 6.26 Å². The Labute approximate surface area is 89.4 Å². The summed E-state index contributed by atoms with van der Waals surface area (Å²) in [6.07, 6.45) is 12.4. The highest BCUT2D eigenvalue weighted by molar-refractivity contribution is 5.56. The standard InChI is InChI=1S/C14H12O/c1-2-6-12-11(5-1)9-10-15-14-8-4-3-7-13(12)14/h1-10,13-14H. The number of benzene rings is 1. The summed E-state index contributed by atoms with van der Waals surface area (Å²) in [6, 6.07) is 8.45. The molecule has 1 aromatic rings. The number of hydrogen-bond acceptors (Lipinski definition) is 1. The van der Waals surface area contributed by atoms with Gasteiger partial charge in [0.1, 0.15) is 6.10 Å². The van der Waals surface area contributed by atoms with Gasteiger partial charge in [-0.05, 0) is 23.3 Å². The Morgan fingerprint density at radius 1 is 1.00 bits per heavy atom. The van der Waals surface area contributed by atoms with Gasteiger partial charge in [-0.25, -0.2) is 0 Å². The molecular weight excluding hydrogens is 184 g/mol. The lowest BCUT2D eigenvalue weighted by Gasteiger charge is -2.22. The molecule has 0 amide bonds. The third kappa shape index (κ3) is 1.40. The van der Waals surface area contributed by atoms with E-state index in [-0.39, 0.29) is 6.10 Å². The summed E-state index contributed by atoms with van der Waals surface area (Å²) in [6.45, 7) is 0. The molecule has 2 unspecified atom stereocenters. The van der Waals surface area contributed by atoms with Crippen molar-refractivity contribution in [1.29, 1.82) is 0 Å². The summed E-state index contributed by atoms with van der Waals surface area (Å²) in [4.78, 5) is 0. The van der Waals surface area contributed by atoms with Gasteiger partial charge in [0.15, 0.2) is 0 Å². The van der Waals surface area contributed by atoms with Crippen molar-refractivity contribution in [1.82, 2.24) is 0 Å². The third-order valence-electron chi connectivity index (χ3n) is 2.92. The van der Waals surface area contributed by atoms with Gasteiger partial charge in [-0.1, -0.05) is 42.5 Å². The second-order valence-electron chi connectivity index (χ2n) is 3.83. The Bertz CT molecular complexity index is 454. The molecule has 1 heteroatoms. The summed E-state index contributed by atoms with van der Waals surface area (Å²) < 4.78 is 5.67. The van der Waals surface area contributed by atoms with Crippen LogP contribution < -0.4 is 0 Å². The fourth-order valence-electron chi connectivity index (χ4n) is 2.17. The first-order valence-electron chi connectivity index (χ1n) is 5.21. The van der Waals surface area contributed by atoms with Crippen LogP contribution in [-0.2, 0) is 4.74 Å². The summed E-state index contributed by atoms with van der Waals surface area (Å²) in [5, 5.41) is 0. The van der Waals surface area contributed by atoms with Crippen LogP contribution in [0.4, 0.5) is 0 Å². The molecule has 0 fully saturated rings. The van der Waals surface area contributed by atoms with E-state index in [0.29, 0.717) is 5.92 Å². The van der Waals surface area contributed by atoms with Gasteiger partial charge in [-0.3, -0.25) is 0 Å². The Morgan fingerprint density at radius 3 is 2.87 bits per heavy atom. The van der Waals surface area contributed by atoms with Crippen LogP contribution in [0.25, 0.3) is 6.08 Å². The molecule has 0 aromatic heterocycles. The maximum Gasteiger partial charge on any atom is 0.127 e. The predicted octanol–water partition coefficient (Wildman–Crippen LogP) is 3.27. The summed E-state index contributed by atoms with van der Waals surface area (Å²) in [5.74, 6) is 0.348. The van der Waals surface area contributed by atoms with Crippen molar-refractivity contribution in [3.63, 3.8) is 0 Å². The van der Waals surface area contributed by atoms with Crippen molar-refractivity contribution < 1.29 is 4.74 Å². The number of allylic oxidation sites excluding steroid dienone is 2. The lowest BCUT2D eigenvalue weighted by molar-refractivity contribution is 0.176. The average Bonchev–Trinajstić information content (AvgIpc) is 2.48. The van der Waals surface area contributed by atoms with Crippen LogP contribution >= 0.6 is 0 Å². The van der Waals surface area contributed by atoms with Crippen LogP contribution in [0.5, 0.6) is 0 Å². The van der Waals surface area contributed by atoms with E-state index in [1.165, 1.54) is 11.1 Å². The van der Waals surface area contributed by atoms with E-state index in [1.807, 2.05) is 12.2 Å². The second-order valence-corrected chi connectivity index (χ2v) is 3.83. The number of fused-ring (bicyclic) bond motifs is 3. The van der Waals surface area contributed by atoms with Crippen LogP contribution in [0.3, 0.4) is 0 Å². The van der Waals surface area contributed by atoms with Crippen LogP contribution in [0.15, 0.2) is 54.8 Å². The van der Waals surface area contributed by atoms with Crippen LogP contribution in [-0.4, -0.2) is 6.10 Å². The first kappa shape index (κ1) is 8.54. The van der Waals surface area contributed by atoms with E-state index in [2.05, 4.69) is 42.5 Å². The normalized spacial score (nSPS) is 26.4. The summed E-state index contributed by atoms with van der Waals surface area (Å²) in [5.41, 5.74) is 2.60. The smallest absolute Gasteiger partial charge is 0.127 e. The highest BCUT2D eigenvalue weighted by Crippen LogP contribution is 2.32. The molecule has 0 N–H and O–H groups in total. The zero-order chi connectivity index (χ0) is 10.1. The van der Waals surface area contributed by atoms with Gasteiger partial charge in [0, 0.05) is 5.92 Å². The quantitative estimate of drug-likeness (QED) is 0.618. The van der Waals surface area contributed by atoms with E-state index < -0.39 is 0 Å². The minimum atomic E-state index is 0.148. The highest BCUT2D eigenvalue weighted by atomic mass is 16.5. The Balaban J connectivity index is 2.13. The molecule has 1 heterocycles. The Hall–Kier alpha value is -1.76. The first-order valence-corrected chi connectivity index (χ1v) is 5.21. The van der Waals surface area contributed by atoms with E-state index in [9.17, 15) is 0 Å². The van der Waals surface area contributed by atoms with E-state index in [0.717, 1.165) is 0 Å². The maximum absolute atomic E-state index is 5.67. The van der Waals surface area contributed by atoms with Crippen LogP contribution in [0, 0.1) is 0 Å². The molecule has 15 heavy (non-hydrogen) atoms. The molecule has 2 atom stereocenters. The number of hydrogen-bond donors (Lipinski definition) is 0. The lowest BCUT2D eigenvalue weighted by Crippen LogP contribution is -2.17. The van der Waals surface area contributed by atoms with E-state index in [4.69, 9.17) is 4.74 Å². The average molecular weight is 196 g/mol. The van der Waals surface area contributed by atoms with Gasteiger partial charge in [0.05, 0.1) is 6.26 Å². The van der Waals surface area contributed by atoms with Gasteiger partial charge in [-0.2, -0.15) is 0 Å². The molecule has 0 saturated carbocycles. The molecule has 2 aliphatic rings. The first-order chi connectivity index (χ1) is 7.45. The van der Waals surface area contributed by atoms with Gasteiger partial charge in [0.2, 0.25) is 0 Å². The van der Waals surface area contributed by atoms with Crippen molar-refractivity contribution in [3.05, 3.63) is 66.0 Å². The van der Waals surface area contributed by atoms with E-state index >= 15 is 0 Å². The zero-order valence-corrected chi connectivity index (χ0v) is 8.34. The maximum atomic E-state index is 5.67. The van der Waals surface area contributed by atoms with Crippen molar-refractivity contribution >= 4 is 6.08 Å². The van der Waals surface area contributed by atoms with Gasteiger partial charge < -0.3 is 4.74 Å². The topological polar surface area (TPSA) is 9.23 Å². The molecule has 1 nitrogen and oxygen atoms in total. The van der Waals surface area contributed by atoms with Crippen molar-refractivity contribution in [3.8, 4) is 0 Å². The van der Waals surface area contributed by atoms with Crippen LogP contribution in [0.1, 0.15) is 17.0 Å². The summed E-state index contributed by atoms with van der Waals surface area (Å²) >= 11 is 0. The molecule has 1 aliphatic carbocycles. The number of ether oxygens (including phenoxy) is 1. The minimum absolute atomic E-state index is 0.148. The van der Waals surface area contributed by atoms with Crippen LogP contribution in [0.2, 0.25) is 0 Å². The van der Waals surface area contributed by atoms with Crippen molar-refractivity contribution in [2.24, 2.45) is 0 Å². The molecule has 3 rings (SSSR count). The molecular formula is C14H12O. The third-order valence-corrected chi connectivity index (χ3v) is 2.92. The second kappa shape index (κ2) is 3.43. The minimum Gasteiger partial charge on any atom is -0.493 e. The fraction of sp³-hybridized carbons (Fsp3) is 0.143. The van der Waals surface area contributed by atoms with Gasteiger partial charge in [-0.15, -0.1) is 0 Å². The highest BCUT2D eigenvalue weighted by Gasteiger charge is 2.24. The molecule has 0 radical (unpaired) electrons. The molecule has 0 bridgehead atoms. The van der Waals surface area contributed by atoms with Gasteiger partial charge in [0.25, 0.3) is 0 Å². The fourth-order valence-corrected chi connectivity index (χ4v) is 2.17. The van der Waals surface area contributed by atoms with Crippen molar-refractivity contribution in [2.75, 3.05) is 0 Å². The largest absolute Gasteiger partial charge is 0.493 e. The van der Waals surface area contributed by atoms with Gasteiger partial charge >= 0.3 is 0 Å². The Kier molecular flexibility index (Phi) is 1.95. The SMILES string of the molecule is C1=CC2OC=Cc3ccccc3C2C=C1. The Morgan fingerprint density at radius 2 is 1.87 bits per heavy atom. The lowest BCUT2D eigenvalue weighted by atomic mass is 9.87. The molecule has 74 valence electrons. The monoisotopic (exact) mass is 196 g/mol. The molecule has 1 aliphatic heterocycles. The summed E-state index contributed by atoms with van der Waals surface area (Å²) in [7, 11) is 0. The van der Waals surface area contributed by atoms with Crippen molar-refractivity contribution in [2.45, 2.75) is 12.0 Å². The molecule has 0 spiro atoms. The molecule has 0 saturated heterocycles.